The van der Waals surface area contributed by atoms with Crippen molar-refractivity contribution < 1.29 is 31.9 Å². The highest BCUT2D eigenvalue weighted by atomic mass is 32.2. The predicted molar refractivity (Wildman–Crippen MR) is 144 cm³/mol. The number of ether oxygens (including phenoxy) is 2. The van der Waals surface area contributed by atoms with Gasteiger partial charge >= 0.3 is 0 Å². The number of hydrogen-bond acceptors (Lipinski definition) is 6. The first-order valence-electron chi connectivity index (χ1n) is 12.5. The molecule has 0 radical (unpaired) electrons. The molecular weight excluding hydrogens is 525 g/mol. The Bertz CT molecular complexity index is 1430. The number of anilines is 1. The largest absolute Gasteiger partial charge is 0.495 e. The molecule has 1 atom stereocenters. The van der Waals surface area contributed by atoms with Crippen molar-refractivity contribution in [2.75, 3.05) is 38.2 Å². The van der Waals surface area contributed by atoms with Crippen molar-refractivity contribution in [2.24, 2.45) is 0 Å². The topological polar surface area (TPSA) is 105 Å². The summed E-state index contributed by atoms with van der Waals surface area (Å²) in [6, 6.07) is 19.6. The number of nitrogens with zero attached hydrogens (tertiary/aromatic N) is 2. The van der Waals surface area contributed by atoms with Crippen molar-refractivity contribution in [3.05, 3.63) is 84.2 Å². The SMILES string of the molecule is CCN(CC(=O)N1CC(C(=O)NCCc2ccccc2)Oc2ccccc21)S(=O)(=O)c1cc(F)ccc1OC. The van der Waals surface area contributed by atoms with Crippen LogP contribution in [0.5, 0.6) is 11.5 Å². The third-order valence-electron chi connectivity index (χ3n) is 6.33. The molecule has 1 N–H and O–H groups in total. The Balaban J connectivity index is 1.51. The maximum atomic E-state index is 13.9. The Hall–Kier alpha value is -3.96. The molecule has 0 aliphatic carbocycles. The van der Waals surface area contributed by atoms with Gasteiger partial charge in [0.1, 0.15) is 22.2 Å². The Labute approximate surface area is 227 Å². The minimum atomic E-state index is -4.29. The van der Waals surface area contributed by atoms with Gasteiger partial charge in [-0.3, -0.25) is 9.59 Å². The summed E-state index contributed by atoms with van der Waals surface area (Å²) in [4.78, 5) is 27.5. The van der Waals surface area contributed by atoms with Gasteiger partial charge in [0.15, 0.2) is 6.10 Å². The van der Waals surface area contributed by atoms with E-state index < -0.39 is 34.4 Å². The number of hydrogen-bond donors (Lipinski definition) is 1. The van der Waals surface area contributed by atoms with Crippen molar-refractivity contribution in [3.8, 4) is 11.5 Å². The molecular formula is C28H30FN3O6S. The smallest absolute Gasteiger partial charge is 0.262 e. The summed E-state index contributed by atoms with van der Waals surface area (Å²) in [5.74, 6) is -1.40. The fourth-order valence-electron chi connectivity index (χ4n) is 4.29. The van der Waals surface area contributed by atoms with Crippen LogP contribution in [0.1, 0.15) is 12.5 Å². The monoisotopic (exact) mass is 555 g/mol. The lowest BCUT2D eigenvalue weighted by Gasteiger charge is -2.35. The van der Waals surface area contributed by atoms with Gasteiger partial charge in [0.25, 0.3) is 5.91 Å². The summed E-state index contributed by atoms with van der Waals surface area (Å²) < 4.78 is 52.7. The van der Waals surface area contributed by atoms with Gasteiger partial charge in [-0.25, -0.2) is 12.8 Å². The number of likely N-dealkylation sites (N-methyl/N-ethyl adjacent to an activating group) is 1. The van der Waals surface area contributed by atoms with Crippen LogP contribution in [0.15, 0.2) is 77.7 Å². The molecule has 0 saturated carbocycles. The summed E-state index contributed by atoms with van der Waals surface area (Å²) in [6.07, 6.45) is -0.361. The van der Waals surface area contributed by atoms with Gasteiger partial charge in [0, 0.05) is 13.1 Å². The summed E-state index contributed by atoms with van der Waals surface area (Å²) in [7, 11) is -3.00. The lowest BCUT2D eigenvalue weighted by atomic mass is 10.1. The molecule has 1 heterocycles. The van der Waals surface area contributed by atoms with Crippen LogP contribution in [-0.4, -0.2) is 63.9 Å². The van der Waals surface area contributed by atoms with Crippen molar-refractivity contribution in [1.29, 1.82) is 0 Å². The second-order valence-corrected chi connectivity index (χ2v) is 10.7. The molecule has 39 heavy (non-hydrogen) atoms. The van der Waals surface area contributed by atoms with Crippen molar-refractivity contribution in [2.45, 2.75) is 24.3 Å². The number of methoxy groups -OCH3 is 1. The van der Waals surface area contributed by atoms with Gasteiger partial charge in [0.2, 0.25) is 15.9 Å². The molecule has 206 valence electrons. The van der Waals surface area contributed by atoms with Crippen LogP contribution in [0.25, 0.3) is 0 Å². The van der Waals surface area contributed by atoms with Gasteiger partial charge in [-0.1, -0.05) is 49.4 Å². The molecule has 9 nitrogen and oxygen atoms in total. The first-order valence-corrected chi connectivity index (χ1v) is 13.9. The predicted octanol–water partition coefficient (Wildman–Crippen LogP) is 3.00. The second kappa shape index (κ2) is 12.3. The fourth-order valence-corrected chi connectivity index (χ4v) is 5.86. The second-order valence-electron chi connectivity index (χ2n) is 8.83. The quantitative estimate of drug-likeness (QED) is 0.413. The number of carbonyl (C=O) groups excluding carboxylic acids is 2. The molecule has 4 rings (SSSR count). The van der Waals surface area contributed by atoms with E-state index in [1.165, 1.54) is 18.1 Å². The zero-order chi connectivity index (χ0) is 28.0. The molecule has 0 spiro atoms. The van der Waals surface area contributed by atoms with Gasteiger partial charge in [-0.2, -0.15) is 4.31 Å². The summed E-state index contributed by atoms with van der Waals surface area (Å²) in [5.41, 5.74) is 1.49. The molecule has 3 aromatic rings. The molecule has 11 heteroatoms. The molecule has 3 aromatic carbocycles. The number of carbonyl (C=O) groups is 2. The minimum Gasteiger partial charge on any atom is -0.495 e. The number of fused-ring (bicyclic) bond motifs is 1. The molecule has 0 fully saturated rings. The molecule has 0 saturated heterocycles. The van der Waals surface area contributed by atoms with E-state index in [0.29, 0.717) is 24.4 Å². The van der Waals surface area contributed by atoms with E-state index in [1.807, 2.05) is 30.3 Å². The van der Waals surface area contributed by atoms with Crippen LogP contribution in [0.3, 0.4) is 0 Å². The number of para-hydroxylation sites is 2. The van der Waals surface area contributed by atoms with Crippen LogP contribution in [0.4, 0.5) is 10.1 Å². The number of halogens is 1. The van der Waals surface area contributed by atoms with Crippen molar-refractivity contribution >= 4 is 27.5 Å². The Morgan fingerprint density at radius 3 is 2.54 bits per heavy atom. The number of sulfonamides is 1. The highest BCUT2D eigenvalue weighted by Crippen LogP contribution is 2.34. The maximum Gasteiger partial charge on any atom is 0.262 e. The highest BCUT2D eigenvalue weighted by Gasteiger charge is 2.36. The first-order chi connectivity index (χ1) is 18.7. The fraction of sp³-hybridized carbons (Fsp3) is 0.286. The number of rotatable bonds is 10. The van der Waals surface area contributed by atoms with E-state index in [9.17, 15) is 22.4 Å². The standard InChI is InChI=1S/C28H30FN3O6S/c1-3-31(39(35,36)26-17-21(29)13-14-24(26)37-2)19-27(33)32-18-25(38-23-12-8-7-11-22(23)32)28(34)30-16-15-20-9-5-4-6-10-20/h4-14,17,25H,3,15-16,18-19H2,1-2H3,(H,30,34). The average molecular weight is 556 g/mol. The van der Waals surface area contributed by atoms with Gasteiger partial charge in [-0.15, -0.1) is 0 Å². The van der Waals surface area contributed by atoms with Crippen LogP contribution in [-0.2, 0) is 26.0 Å². The summed E-state index contributed by atoms with van der Waals surface area (Å²) in [6.45, 7) is 1.27. The van der Waals surface area contributed by atoms with Crippen molar-refractivity contribution in [3.63, 3.8) is 0 Å². The average Bonchev–Trinajstić information content (AvgIpc) is 2.95. The molecule has 0 aromatic heterocycles. The summed E-state index contributed by atoms with van der Waals surface area (Å²) in [5, 5.41) is 2.85. The van der Waals surface area contributed by atoms with E-state index in [4.69, 9.17) is 9.47 Å². The van der Waals surface area contributed by atoms with Crippen molar-refractivity contribution in [1.82, 2.24) is 9.62 Å². The van der Waals surface area contributed by atoms with Gasteiger partial charge < -0.3 is 19.7 Å². The first kappa shape index (κ1) is 28.1. The highest BCUT2D eigenvalue weighted by molar-refractivity contribution is 7.89. The molecule has 1 unspecified atom stereocenters. The Morgan fingerprint density at radius 1 is 1.10 bits per heavy atom. The number of benzene rings is 3. The number of amides is 2. The molecule has 1 aliphatic heterocycles. The van der Waals surface area contributed by atoms with E-state index in [1.54, 1.807) is 31.2 Å². The third kappa shape index (κ3) is 6.37. The lowest BCUT2D eigenvalue weighted by Crippen LogP contribution is -2.53. The minimum absolute atomic E-state index is 0.0359. The van der Waals surface area contributed by atoms with E-state index in [0.717, 1.165) is 22.0 Å². The molecule has 1 aliphatic rings. The normalized spacial score (nSPS) is 14.9. The van der Waals surface area contributed by atoms with Gasteiger partial charge in [-0.05, 0) is 42.3 Å². The molecule has 0 bridgehead atoms. The number of nitrogens with one attached hydrogen (secondary N) is 1. The Morgan fingerprint density at radius 2 is 1.82 bits per heavy atom. The van der Waals surface area contributed by atoms with Crippen LogP contribution >= 0.6 is 0 Å². The van der Waals surface area contributed by atoms with E-state index in [-0.39, 0.29) is 29.6 Å². The maximum absolute atomic E-state index is 13.9. The van der Waals surface area contributed by atoms with Gasteiger partial charge in [0.05, 0.1) is 25.9 Å². The zero-order valence-corrected chi connectivity index (χ0v) is 22.5. The van der Waals surface area contributed by atoms with Crippen LogP contribution in [0.2, 0.25) is 0 Å². The third-order valence-corrected chi connectivity index (χ3v) is 8.27. The van der Waals surface area contributed by atoms with Crippen LogP contribution < -0.4 is 19.7 Å². The Kier molecular flexibility index (Phi) is 8.82. The van der Waals surface area contributed by atoms with E-state index in [2.05, 4.69) is 5.32 Å². The summed E-state index contributed by atoms with van der Waals surface area (Å²) >= 11 is 0. The van der Waals surface area contributed by atoms with E-state index >= 15 is 0 Å². The van der Waals surface area contributed by atoms with Crippen LogP contribution in [0, 0.1) is 5.82 Å². The lowest BCUT2D eigenvalue weighted by molar-refractivity contribution is -0.128. The molecule has 2 amide bonds. The zero-order valence-electron chi connectivity index (χ0n) is 21.7.